The Kier molecular flexibility index (Phi) is 9.10. The summed E-state index contributed by atoms with van der Waals surface area (Å²) < 4.78 is 5.18. The van der Waals surface area contributed by atoms with Crippen molar-refractivity contribution in [2.24, 2.45) is 0 Å². The minimum absolute atomic E-state index is 0.0425. The number of hydrogen-bond acceptors (Lipinski definition) is 2. The predicted octanol–water partition coefficient (Wildman–Crippen LogP) is 1.89. The molecule has 0 aromatic carbocycles. The SMILES string of the molecule is CCCOCC(=O)N(CCC)CCCl. The summed E-state index contributed by atoms with van der Waals surface area (Å²) in [5, 5.41) is 0. The molecule has 0 aliphatic carbocycles. The number of nitrogens with zero attached hydrogens (tertiary/aromatic N) is 1. The number of hydrogen-bond donors (Lipinski definition) is 0. The predicted molar refractivity (Wildman–Crippen MR) is 58.7 cm³/mol. The number of carbonyl (C=O) groups is 1. The van der Waals surface area contributed by atoms with Crippen LogP contribution in [0.2, 0.25) is 0 Å². The number of halogens is 1. The fraction of sp³-hybridized carbons (Fsp3) is 0.900. The van der Waals surface area contributed by atoms with Crippen molar-refractivity contribution < 1.29 is 9.53 Å². The molecule has 84 valence electrons. The quantitative estimate of drug-likeness (QED) is 0.463. The third kappa shape index (κ3) is 6.22. The van der Waals surface area contributed by atoms with E-state index in [1.807, 2.05) is 13.8 Å². The van der Waals surface area contributed by atoms with E-state index in [0.717, 1.165) is 19.4 Å². The van der Waals surface area contributed by atoms with E-state index < -0.39 is 0 Å². The van der Waals surface area contributed by atoms with Crippen molar-refractivity contribution in [1.29, 1.82) is 0 Å². The smallest absolute Gasteiger partial charge is 0.248 e. The first-order valence-corrected chi connectivity index (χ1v) is 5.71. The fourth-order valence-corrected chi connectivity index (χ4v) is 1.33. The molecule has 0 bridgehead atoms. The highest BCUT2D eigenvalue weighted by Gasteiger charge is 2.11. The Hall–Kier alpha value is -0.280. The second-order valence-electron chi connectivity index (χ2n) is 3.12. The first-order valence-electron chi connectivity index (χ1n) is 5.17. The van der Waals surface area contributed by atoms with E-state index in [1.54, 1.807) is 4.90 Å². The summed E-state index contributed by atoms with van der Waals surface area (Å²) in [5.41, 5.74) is 0. The lowest BCUT2D eigenvalue weighted by Gasteiger charge is -2.20. The Morgan fingerprint density at radius 2 is 2.00 bits per heavy atom. The van der Waals surface area contributed by atoms with Crippen LogP contribution in [0.15, 0.2) is 0 Å². The summed E-state index contributed by atoms with van der Waals surface area (Å²) in [5.74, 6) is 0.528. The van der Waals surface area contributed by atoms with Gasteiger partial charge in [0.25, 0.3) is 0 Å². The number of carbonyl (C=O) groups excluding carboxylic acids is 1. The topological polar surface area (TPSA) is 29.5 Å². The second kappa shape index (κ2) is 9.28. The molecular formula is C10H20ClNO2. The Labute approximate surface area is 91.4 Å². The summed E-state index contributed by atoms with van der Waals surface area (Å²) in [6.45, 7) is 6.27. The van der Waals surface area contributed by atoms with E-state index in [0.29, 0.717) is 19.0 Å². The van der Waals surface area contributed by atoms with Gasteiger partial charge in [0, 0.05) is 25.6 Å². The standard InChI is InChI=1S/C10H20ClNO2/c1-3-6-12(7-5-11)10(13)9-14-8-4-2/h3-9H2,1-2H3. The third-order valence-electron chi connectivity index (χ3n) is 1.77. The van der Waals surface area contributed by atoms with Gasteiger partial charge in [-0.2, -0.15) is 0 Å². The van der Waals surface area contributed by atoms with E-state index in [2.05, 4.69) is 0 Å². The van der Waals surface area contributed by atoms with Gasteiger partial charge >= 0.3 is 0 Å². The Bertz CT molecular complexity index is 147. The molecule has 0 unspecified atom stereocenters. The molecule has 3 nitrogen and oxygen atoms in total. The maximum Gasteiger partial charge on any atom is 0.248 e. The van der Waals surface area contributed by atoms with Crippen LogP contribution in [0.25, 0.3) is 0 Å². The summed E-state index contributed by atoms with van der Waals surface area (Å²) in [4.78, 5) is 13.3. The van der Waals surface area contributed by atoms with Crippen molar-refractivity contribution in [1.82, 2.24) is 4.90 Å². The van der Waals surface area contributed by atoms with E-state index in [1.165, 1.54) is 0 Å². The summed E-state index contributed by atoms with van der Waals surface area (Å²) >= 11 is 5.60. The largest absolute Gasteiger partial charge is 0.372 e. The van der Waals surface area contributed by atoms with Gasteiger partial charge in [0.05, 0.1) is 0 Å². The maximum atomic E-state index is 11.5. The molecular weight excluding hydrogens is 202 g/mol. The van der Waals surface area contributed by atoms with Crippen LogP contribution in [0.1, 0.15) is 26.7 Å². The number of rotatable bonds is 8. The second-order valence-corrected chi connectivity index (χ2v) is 3.50. The van der Waals surface area contributed by atoms with Gasteiger partial charge in [-0.25, -0.2) is 0 Å². The first kappa shape index (κ1) is 13.7. The average Bonchev–Trinajstić information content (AvgIpc) is 2.18. The lowest BCUT2D eigenvalue weighted by atomic mass is 10.4. The molecule has 4 heteroatoms. The molecule has 0 heterocycles. The Morgan fingerprint density at radius 3 is 2.50 bits per heavy atom. The first-order chi connectivity index (χ1) is 6.76. The molecule has 0 rings (SSSR count). The zero-order chi connectivity index (χ0) is 10.8. The number of alkyl halides is 1. The lowest BCUT2D eigenvalue weighted by Crippen LogP contribution is -2.36. The minimum Gasteiger partial charge on any atom is -0.372 e. The van der Waals surface area contributed by atoms with Gasteiger partial charge < -0.3 is 9.64 Å². The number of amides is 1. The molecule has 0 aromatic heterocycles. The monoisotopic (exact) mass is 221 g/mol. The lowest BCUT2D eigenvalue weighted by molar-refractivity contribution is -0.135. The van der Waals surface area contributed by atoms with Crippen LogP contribution in [-0.4, -0.2) is 43.0 Å². The molecule has 1 amide bonds. The van der Waals surface area contributed by atoms with Crippen LogP contribution in [-0.2, 0) is 9.53 Å². The van der Waals surface area contributed by atoms with E-state index in [-0.39, 0.29) is 12.5 Å². The van der Waals surface area contributed by atoms with E-state index in [9.17, 15) is 4.79 Å². The molecule has 0 saturated carbocycles. The summed E-state index contributed by atoms with van der Waals surface area (Å²) in [6, 6.07) is 0. The van der Waals surface area contributed by atoms with Crippen molar-refractivity contribution in [2.75, 3.05) is 32.2 Å². The molecule has 0 aliphatic rings. The van der Waals surface area contributed by atoms with Gasteiger partial charge in [-0.3, -0.25) is 4.79 Å². The van der Waals surface area contributed by atoms with Crippen molar-refractivity contribution in [3.63, 3.8) is 0 Å². The number of ether oxygens (including phenoxy) is 1. The van der Waals surface area contributed by atoms with E-state index >= 15 is 0 Å². The Morgan fingerprint density at radius 1 is 1.29 bits per heavy atom. The summed E-state index contributed by atoms with van der Waals surface area (Å²) in [7, 11) is 0. The zero-order valence-corrected chi connectivity index (χ0v) is 9.85. The van der Waals surface area contributed by atoms with Crippen molar-refractivity contribution in [2.45, 2.75) is 26.7 Å². The van der Waals surface area contributed by atoms with Gasteiger partial charge in [0.15, 0.2) is 0 Å². The van der Waals surface area contributed by atoms with Gasteiger partial charge in [-0.1, -0.05) is 13.8 Å². The highest BCUT2D eigenvalue weighted by Crippen LogP contribution is 1.95. The molecule has 14 heavy (non-hydrogen) atoms. The molecule has 0 spiro atoms. The van der Waals surface area contributed by atoms with Crippen LogP contribution in [0.3, 0.4) is 0 Å². The van der Waals surface area contributed by atoms with Crippen LogP contribution in [0, 0.1) is 0 Å². The van der Waals surface area contributed by atoms with Crippen LogP contribution in [0.5, 0.6) is 0 Å². The molecule has 0 aliphatic heterocycles. The van der Waals surface area contributed by atoms with Crippen molar-refractivity contribution in [3.05, 3.63) is 0 Å². The van der Waals surface area contributed by atoms with Gasteiger partial charge in [0.2, 0.25) is 5.91 Å². The maximum absolute atomic E-state index is 11.5. The third-order valence-corrected chi connectivity index (χ3v) is 1.94. The van der Waals surface area contributed by atoms with Gasteiger partial charge in [0.1, 0.15) is 6.61 Å². The van der Waals surface area contributed by atoms with E-state index in [4.69, 9.17) is 16.3 Å². The van der Waals surface area contributed by atoms with Crippen LogP contribution >= 0.6 is 11.6 Å². The van der Waals surface area contributed by atoms with Crippen LogP contribution in [0.4, 0.5) is 0 Å². The molecule has 0 saturated heterocycles. The fourth-order valence-electron chi connectivity index (χ4n) is 1.13. The zero-order valence-electron chi connectivity index (χ0n) is 9.09. The average molecular weight is 222 g/mol. The minimum atomic E-state index is 0.0425. The van der Waals surface area contributed by atoms with Crippen molar-refractivity contribution >= 4 is 17.5 Å². The molecule has 0 radical (unpaired) electrons. The van der Waals surface area contributed by atoms with Crippen molar-refractivity contribution in [3.8, 4) is 0 Å². The molecule has 0 aromatic rings. The summed E-state index contributed by atoms with van der Waals surface area (Å²) in [6.07, 6.45) is 1.90. The highest BCUT2D eigenvalue weighted by molar-refractivity contribution is 6.18. The highest BCUT2D eigenvalue weighted by atomic mass is 35.5. The molecule has 0 atom stereocenters. The normalized spacial score (nSPS) is 10.2. The van der Waals surface area contributed by atoms with Gasteiger partial charge in [-0.15, -0.1) is 11.6 Å². The molecule has 0 N–H and O–H groups in total. The Balaban J connectivity index is 3.76. The van der Waals surface area contributed by atoms with Gasteiger partial charge in [-0.05, 0) is 12.8 Å². The van der Waals surface area contributed by atoms with Crippen LogP contribution < -0.4 is 0 Å². The molecule has 0 fully saturated rings.